The first kappa shape index (κ1) is 24.4. The second-order valence-electron chi connectivity index (χ2n) is 8.30. The molecule has 5 heteroatoms. The molecular weight excluding hydrogens is 388 g/mol. The van der Waals surface area contributed by atoms with Crippen LogP contribution in [0, 0.1) is 12.8 Å². The van der Waals surface area contributed by atoms with Crippen LogP contribution in [0.1, 0.15) is 50.8 Å². The highest BCUT2D eigenvalue weighted by Crippen LogP contribution is 2.17. The normalized spacial score (nSPS) is 11.8. The molecule has 1 N–H and O–H groups in total. The minimum Gasteiger partial charge on any atom is -0.484 e. The SMILES string of the molecule is CCc1ccc(OCC(=O)N(Cc2ccccc2C)C(CC)C(=O)NCC(C)C)cc1. The van der Waals surface area contributed by atoms with Gasteiger partial charge >= 0.3 is 0 Å². The Balaban J connectivity index is 2.18. The van der Waals surface area contributed by atoms with Crippen LogP contribution in [-0.2, 0) is 22.6 Å². The zero-order chi connectivity index (χ0) is 22.8. The van der Waals surface area contributed by atoms with Crippen LogP contribution in [0.2, 0.25) is 0 Å². The number of rotatable bonds is 11. The molecule has 1 atom stereocenters. The number of carbonyl (C=O) groups excluding carboxylic acids is 2. The Bertz CT molecular complexity index is 846. The van der Waals surface area contributed by atoms with Crippen molar-refractivity contribution in [3.63, 3.8) is 0 Å². The molecule has 0 bridgehead atoms. The van der Waals surface area contributed by atoms with Gasteiger partial charge in [-0.1, -0.05) is 64.1 Å². The van der Waals surface area contributed by atoms with Gasteiger partial charge in [0.05, 0.1) is 0 Å². The summed E-state index contributed by atoms with van der Waals surface area (Å²) in [5.41, 5.74) is 3.33. The molecule has 0 fully saturated rings. The summed E-state index contributed by atoms with van der Waals surface area (Å²) in [5, 5.41) is 2.98. The third-order valence-corrected chi connectivity index (χ3v) is 5.37. The molecule has 0 aliphatic heterocycles. The number of amides is 2. The monoisotopic (exact) mass is 424 g/mol. The molecule has 0 heterocycles. The molecule has 168 valence electrons. The van der Waals surface area contributed by atoms with Crippen molar-refractivity contribution in [2.24, 2.45) is 5.92 Å². The summed E-state index contributed by atoms with van der Waals surface area (Å²) < 4.78 is 5.77. The molecule has 5 nitrogen and oxygen atoms in total. The van der Waals surface area contributed by atoms with E-state index in [4.69, 9.17) is 4.74 Å². The van der Waals surface area contributed by atoms with Crippen LogP contribution in [0.25, 0.3) is 0 Å². The summed E-state index contributed by atoms with van der Waals surface area (Å²) in [5.74, 6) is 0.676. The predicted octanol–water partition coefficient (Wildman–Crippen LogP) is 4.52. The minimum absolute atomic E-state index is 0.106. The number of nitrogens with zero attached hydrogens (tertiary/aromatic N) is 1. The Labute approximate surface area is 186 Å². The predicted molar refractivity (Wildman–Crippen MR) is 125 cm³/mol. The average Bonchev–Trinajstić information content (AvgIpc) is 2.77. The lowest BCUT2D eigenvalue weighted by Gasteiger charge is -2.31. The van der Waals surface area contributed by atoms with E-state index < -0.39 is 6.04 Å². The van der Waals surface area contributed by atoms with E-state index >= 15 is 0 Å². The zero-order valence-electron chi connectivity index (χ0n) is 19.5. The van der Waals surface area contributed by atoms with Crippen LogP contribution >= 0.6 is 0 Å². The summed E-state index contributed by atoms with van der Waals surface area (Å²) >= 11 is 0. The van der Waals surface area contributed by atoms with E-state index in [1.165, 1.54) is 5.56 Å². The number of hydrogen-bond acceptors (Lipinski definition) is 3. The maximum absolute atomic E-state index is 13.2. The maximum atomic E-state index is 13.2. The molecule has 2 amide bonds. The Morgan fingerprint density at radius 2 is 1.71 bits per heavy atom. The van der Waals surface area contributed by atoms with Crippen LogP contribution in [-0.4, -0.2) is 35.9 Å². The standard InChI is InChI=1S/C26H36N2O3/c1-6-21-12-14-23(15-13-21)31-18-25(29)28(17-22-11-9-8-10-20(22)5)24(7-2)26(30)27-16-19(3)4/h8-15,19,24H,6-7,16-18H2,1-5H3,(H,27,30). The second-order valence-corrected chi connectivity index (χ2v) is 8.30. The van der Waals surface area contributed by atoms with Crippen LogP contribution in [0.4, 0.5) is 0 Å². The lowest BCUT2D eigenvalue weighted by atomic mass is 10.1. The number of aryl methyl sites for hydroxylation is 2. The van der Waals surface area contributed by atoms with E-state index in [1.54, 1.807) is 4.90 Å². The summed E-state index contributed by atoms with van der Waals surface area (Å²) in [6.07, 6.45) is 1.49. The third kappa shape index (κ3) is 7.42. The number of benzene rings is 2. The van der Waals surface area contributed by atoms with Gasteiger partial charge < -0.3 is 15.0 Å². The van der Waals surface area contributed by atoms with Gasteiger partial charge in [0.15, 0.2) is 6.61 Å². The molecule has 0 aromatic heterocycles. The zero-order valence-corrected chi connectivity index (χ0v) is 19.5. The fraction of sp³-hybridized carbons (Fsp3) is 0.462. The van der Waals surface area contributed by atoms with Crippen molar-refractivity contribution in [1.29, 1.82) is 0 Å². The van der Waals surface area contributed by atoms with Crippen molar-refractivity contribution in [2.45, 2.75) is 60.0 Å². The summed E-state index contributed by atoms with van der Waals surface area (Å²) in [6.45, 7) is 11.0. The van der Waals surface area contributed by atoms with Crippen molar-refractivity contribution >= 4 is 11.8 Å². The smallest absolute Gasteiger partial charge is 0.261 e. The number of hydrogen-bond donors (Lipinski definition) is 1. The highest BCUT2D eigenvalue weighted by Gasteiger charge is 2.29. The van der Waals surface area contributed by atoms with Crippen molar-refractivity contribution < 1.29 is 14.3 Å². The van der Waals surface area contributed by atoms with E-state index in [0.717, 1.165) is 17.5 Å². The van der Waals surface area contributed by atoms with Crippen molar-refractivity contribution in [3.8, 4) is 5.75 Å². The summed E-state index contributed by atoms with van der Waals surface area (Å²) in [4.78, 5) is 27.8. The number of nitrogens with one attached hydrogen (secondary N) is 1. The summed E-state index contributed by atoms with van der Waals surface area (Å²) in [7, 11) is 0. The van der Waals surface area contributed by atoms with Gasteiger partial charge in [0.25, 0.3) is 5.91 Å². The van der Waals surface area contributed by atoms with Crippen LogP contribution in [0.5, 0.6) is 5.75 Å². The van der Waals surface area contributed by atoms with E-state index in [2.05, 4.69) is 26.1 Å². The van der Waals surface area contributed by atoms with Gasteiger partial charge in [-0.25, -0.2) is 0 Å². The van der Waals surface area contributed by atoms with Gasteiger partial charge in [0.2, 0.25) is 5.91 Å². The van der Waals surface area contributed by atoms with Gasteiger partial charge in [-0.15, -0.1) is 0 Å². The first-order valence-electron chi connectivity index (χ1n) is 11.2. The minimum atomic E-state index is -0.545. The molecule has 31 heavy (non-hydrogen) atoms. The van der Waals surface area contributed by atoms with Gasteiger partial charge in [-0.3, -0.25) is 9.59 Å². The first-order valence-corrected chi connectivity index (χ1v) is 11.2. The molecule has 2 aromatic carbocycles. The van der Waals surface area contributed by atoms with Crippen molar-refractivity contribution in [1.82, 2.24) is 10.2 Å². The lowest BCUT2D eigenvalue weighted by Crippen LogP contribution is -2.50. The summed E-state index contributed by atoms with van der Waals surface area (Å²) in [6, 6.07) is 15.2. The van der Waals surface area contributed by atoms with Crippen LogP contribution in [0.15, 0.2) is 48.5 Å². The highest BCUT2D eigenvalue weighted by molar-refractivity contribution is 5.88. The molecule has 2 rings (SSSR count). The van der Waals surface area contributed by atoms with Crippen LogP contribution < -0.4 is 10.1 Å². The molecule has 0 saturated carbocycles. The molecule has 0 aliphatic rings. The molecule has 0 radical (unpaired) electrons. The average molecular weight is 425 g/mol. The van der Waals surface area contributed by atoms with Crippen LogP contribution in [0.3, 0.4) is 0 Å². The fourth-order valence-corrected chi connectivity index (χ4v) is 3.36. The van der Waals surface area contributed by atoms with E-state index in [1.807, 2.05) is 62.4 Å². The van der Waals surface area contributed by atoms with Gasteiger partial charge in [-0.05, 0) is 54.5 Å². The Morgan fingerprint density at radius 1 is 1.03 bits per heavy atom. The Morgan fingerprint density at radius 3 is 2.29 bits per heavy atom. The van der Waals surface area contributed by atoms with Gasteiger partial charge in [0.1, 0.15) is 11.8 Å². The topological polar surface area (TPSA) is 58.6 Å². The number of carbonyl (C=O) groups is 2. The second kappa shape index (κ2) is 12.1. The first-order chi connectivity index (χ1) is 14.8. The maximum Gasteiger partial charge on any atom is 0.261 e. The van der Waals surface area contributed by atoms with E-state index in [-0.39, 0.29) is 18.4 Å². The molecule has 0 aliphatic carbocycles. The molecular formula is C26H36N2O3. The lowest BCUT2D eigenvalue weighted by molar-refractivity contribution is -0.143. The molecule has 1 unspecified atom stereocenters. The van der Waals surface area contributed by atoms with Crippen molar-refractivity contribution in [3.05, 3.63) is 65.2 Å². The van der Waals surface area contributed by atoms with E-state index in [9.17, 15) is 9.59 Å². The number of ether oxygens (including phenoxy) is 1. The largest absolute Gasteiger partial charge is 0.484 e. The van der Waals surface area contributed by atoms with Crippen molar-refractivity contribution in [2.75, 3.05) is 13.2 Å². The van der Waals surface area contributed by atoms with Gasteiger partial charge in [-0.2, -0.15) is 0 Å². The third-order valence-electron chi connectivity index (χ3n) is 5.37. The highest BCUT2D eigenvalue weighted by atomic mass is 16.5. The Kier molecular flexibility index (Phi) is 9.57. The van der Waals surface area contributed by atoms with E-state index in [0.29, 0.717) is 31.2 Å². The van der Waals surface area contributed by atoms with Gasteiger partial charge in [0, 0.05) is 13.1 Å². The molecule has 2 aromatic rings. The molecule has 0 saturated heterocycles. The quantitative estimate of drug-likeness (QED) is 0.577. The fourth-order valence-electron chi connectivity index (χ4n) is 3.36. The Hall–Kier alpha value is -2.82. The molecule has 0 spiro atoms.